The lowest BCUT2D eigenvalue weighted by Crippen LogP contribution is -2.23. The Kier molecular flexibility index (Phi) is 4.18. The molecule has 0 saturated carbocycles. The number of tetrazole rings is 1. The Morgan fingerprint density at radius 3 is 2.90 bits per heavy atom. The van der Waals surface area contributed by atoms with Crippen LogP contribution in [0.1, 0.15) is 6.92 Å². The topological polar surface area (TPSA) is 98.7 Å². The monoisotopic (exact) mass is 296 g/mol. The SMILES string of the molecule is CC(Sc1nnnn1C)C(=O)Nc1ccc(F)c(N)c1. The summed E-state index contributed by atoms with van der Waals surface area (Å²) in [5.74, 6) is -0.764. The van der Waals surface area contributed by atoms with Crippen molar-refractivity contribution in [3.63, 3.8) is 0 Å². The first-order valence-electron chi connectivity index (χ1n) is 5.72. The van der Waals surface area contributed by atoms with Gasteiger partial charge in [0.1, 0.15) is 5.82 Å². The van der Waals surface area contributed by atoms with Crippen molar-refractivity contribution in [2.75, 3.05) is 11.1 Å². The van der Waals surface area contributed by atoms with E-state index < -0.39 is 11.1 Å². The number of anilines is 2. The summed E-state index contributed by atoms with van der Waals surface area (Å²) >= 11 is 1.22. The second-order valence-electron chi connectivity index (χ2n) is 4.07. The molecule has 0 aliphatic carbocycles. The summed E-state index contributed by atoms with van der Waals surface area (Å²) in [6.07, 6.45) is 0. The number of amides is 1. The summed E-state index contributed by atoms with van der Waals surface area (Å²) < 4.78 is 14.5. The van der Waals surface area contributed by atoms with Gasteiger partial charge < -0.3 is 11.1 Å². The van der Waals surface area contributed by atoms with E-state index in [9.17, 15) is 9.18 Å². The molecule has 2 aromatic rings. The second kappa shape index (κ2) is 5.87. The number of nitrogens with two attached hydrogens (primary N) is 1. The van der Waals surface area contributed by atoms with E-state index in [-0.39, 0.29) is 11.6 Å². The molecular weight excluding hydrogens is 283 g/mol. The molecule has 1 atom stereocenters. The van der Waals surface area contributed by atoms with Crippen molar-refractivity contribution < 1.29 is 9.18 Å². The Morgan fingerprint density at radius 2 is 2.30 bits per heavy atom. The van der Waals surface area contributed by atoms with Crippen LogP contribution < -0.4 is 11.1 Å². The van der Waals surface area contributed by atoms with Crippen LogP contribution in [0.25, 0.3) is 0 Å². The summed E-state index contributed by atoms with van der Waals surface area (Å²) in [4.78, 5) is 12.0. The van der Waals surface area contributed by atoms with Crippen molar-refractivity contribution >= 4 is 29.0 Å². The van der Waals surface area contributed by atoms with Gasteiger partial charge in [0.15, 0.2) is 0 Å². The molecule has 0 aliphatic rings. The van der Waals surface area contributed by atoms with Gasteiger partial charge in [-0.1, -0.05) is 11.8 Å². The highest BCUT2D eigenvalue weighted by Gasteiger charge is 2.18. The van der Waals surface area contributed by atoms with E-state index in [1.54, 1.807) is 14.0 Å². The summed E-state index contributed by atoms with van der Waals surface area (Å²) in [5, 5.41) is 13.7. The predicted molar refractivity (Wildman–Crippen MR) is 73.6 cm³/mol. The van der Waals surface area contributed by atoms with E-state index in [0.29, 0.717) is 10.8 Å². The van der Waals surface area contributed by atoms with Gasteiger partial charge in [-0.05, 0) is 35.5 Å². The molecule has 3 N–H and O–H groups in total. The van der Waals surface area contributed by atoms with Crippen LogP contribution in [-0.4, -0.2) is 31.4 Å². The number of carbonyl (C=O) groups is 1. The minimum Gasteiger partial charge on any atom is -0.396 e. The first-order valence-corrected chi connectivity index (χ1v) is 6.60. The predicted octanol–water partition coefficient (Wildman–Crippen LogP) is 1.05. The van der Waals surface area contributed by atoms with Crippen LogP contribution in [0.2, 0.25) is 0 Å². The number of thioether (sulfide) groups is 1. The molecule has 0 radical (unpaired) electrons. The molecule has 106 valence electrons. The number of halogens is 1. The molecule has 2 rings (SSSR count). The average Bonchev–Trinajstić information content (AvgIpc) is 2.79. The fourth-order valence-corrected chi connectivity index (χ4v) is 2.15. The number of aromatic nitrogens is 4. The number of rotatable bonds is 4. The van der Waals surface area contributed by atoms with Gasteiger partial charge in [0, 0.05) is 12.7 Å². The highest BCUT2D eigenvalue weighted by Crippen LogP contribution is 2.22. The van der Waals surface area contributed by atoms with Gasteiger partial charge in [0.25, 0.3) is 0 Å². The first kappa shape index (κ1) is 14.3. The largest absolute Gasteiger partial charge is 0.396 e. The van der Waals surface area contributed by atoms with Crippen molar-refractivity contribution in [2.45, 2.75) is 17.3 Å². The number of benzene rings is 1. The smallest absolute Gasteiger partial charge is 0.237 e. The molecule has 0 spiro atoms. The molecule has 0 fully saturated rings. The van der Waals surface area contributed by atoms with Crippen molar-refractivity contribution in [3.05, 3.63) is 24.0 Å². The number of aryl methyl sites for hydroxylation is 1. The molecule has 20 heavy (non-hydrogen) atoms. The average molecular weight is 296 g/mol. The van der Waals surface area contributed by atoms with E-state index in [1.807, 2.05) is 0 Å². The highest BCUT2D eigenvalue weighted by molar-refractivity contribution is 8.00. The molecule has 9 heteroatoms. The van der Waals surface area contributed by atoms with Crippen LogP contribution in [0.15, 0.2) is 23.4 Å². The van der Waals surface area contributed by atoms with Crippen LogP contribution >= 0.6 is 11.8 Å². The minimum atomic E-state index is -0.518. The molecule has 1 heterocycles. The Balaban J connectivity index is 2.00. The first-order chi connectivity index (χ1) is 9.47. The number of nitrogens with one attached hydrogen (secondary N) is 1. The lowest BCUT2D eigenvalue weighted by Gasteiger charge is -2.11. The lowest BCUT2D eigenvalue weighted by atomic mass is 10.2. The highest BCUT2D eigenvalue weighted by atomic mass is 32.2. The van der Waals surface area contributed by atoms with E-state index in [0.717, 1.165) is 0 Å². The van der Waals surface area contributed by atoms with Crippen LogP contribution in [0.3, 0.4) is 0 Å². The van der Waals surface area contributed by atoms with Crippen LogP contribution in [0.4, 0.5) is 15.8 Å². The summed E-state index contributed by atoms with van der Waals surface area (Å²) in [7, 11) is 1.69. The van der Waals surface area contributed by atoms with Crippen molar-refractivity contribution in [2.24, 2.45) is 7.05 Å². The van der Waals surface area contributed by atoms with Gasteiger partial charge in [-0.25, -0.2) is 9.07 Å². The molecule has 0 aliphatic heterocycles. The fourth-order valence-electron chi connectivity index (χ4n) is 1.40. The van der Waals surface area contributed by atoms with E-state index in [1.165, 1.54) is 34.6 Å². The Hall–Kier alpha value is -2.16. The maximum Gasteiger partial charge on any atom is 0.237 e. The van der Waals surface area contributed by atoms with Gasteiger partial charge in [0.05, 0.1) is 10.9 Å². The molecule has 1 amide bonds. The zero-order chi connectivity index (χ0) is 14.7. The summed E-state index contributed by atoms with van der Waals surface area (Å²) in [6, 6.07) is 4.02. The summed E-state index contributed by atoms with van der Waals surface area (Å²) in [5.41, 5.74) is 5.87. The van der Waals surface area contributed by atoms with Gasteiger partial charge in [-0.15, -0.1) is 5.10 Å². The molecule has 1 aromatic carbocycles. The quantitative estimate of drug-likeness (QED) is 0.646. The number of hydrogen-bond acceptors (Lipinski definition) is 6. The maximum atomic E-state index is 13.0. The third-order valence-electron chi connectivity index (χ3n) is 2.50. The van der Waals surface area contributed by atoms with Gasteiger partial charge in [-0.3, -0.25) is 4.79 Å². The third kappa shape index (κ3) is 3.23. The molecule has 0 saturated heterocycles. The van der Waals surface area contributed by atoms with Gasteiger partial charge in [0.2, 0.25) is 11.1 Å². The summed E-state index contributed by atoms with van der Waals surface area (Å²) in [6.45, 7) is 1.72. The Labute approximate surface area is 118 Å². The second-order valence-corrected chi connectivity index (χ2v) is 5.38. The molecular formula is C11H13FN6OS. The van der Waals surface area contributed by atoms with E-state index >= 15 is 0 Å². The van der Waals surface area contributed by atoms with Crippen molar-refractivity contribution in [1.82, 2.24) is 20.2 Å². The Morgan fingerprint density at radius 1 is 1.55 bits per heavy atom. The number of hydrogen-bond donors (Lipinski definition) is 2. The number of carbonyl (C=O) groups excluding carboxylic acids is 1. The third-order valence-corrected chi connectivity index (χ3v) is 3.62. The van der Waals surface area contributed by atoms with Crippen molar-refractivity contribution in [1.29, 1.82) is 0 Å². The van der Waals surface area contributed by atoms with Crippen molar-refractivity contribution in [3.8, 4) is 0 Å². The van der Waals surface area contributed by atoms with Crippen LogP contribution in [0, 0.1) is 5.82 Å². The number of nitrogens with zero attached hydrogens (tertiary/aromatic N) is 4. The van der Waals surface area contributed by atoms with Crippen LogP contribution in [-0.2, 0) is 11.8 Å². The Bertz CT molecular complexity index is 631. The molecule has 1 unspecified atom stereocenters. The van der Waals surface area contributed by atoms with E-state index in [2.05, 4.69) is 20.8 Å². The molecule has 0 bridgehead atoms. The zero-order valence-corrected chi connectivity index (χ0v) is 11.7. The zero-order valence-electron chi connectivity index (χ0n) is 10.9. The normalized spacial score (nSPS) is 12.2. The standard InChI is InChI=1S/C11H13FN6OS/c1-6(20-11-15-16-17-18(11)2)10(19)14-7-3-4-8(12)9(13)5-7/h3-6H,13H2,1-2H3,(H,14,19). The maximum absolute atomic E-state index is 13.0. The molecule has 1 aromatic heterocycles. The minimum absolute atomic E-state index is 0.0133. The number of nitrogen functional groups attached to an aromatic ring is 1. The molecule has 7 nitrogen and oxygen atoms in total. The van der Waals surface area contributed by atoms with Gasteiger partial charge in [-0.2, -0.15) is 0 Å². The van der Waals surface area contributed by atoms with Gasteiger partial charge >= 0.3 is 0 Å². The van der Waals surface area contributed by atoms with Crippen LogP contribution in [0.5, 0.6) is 0 Å². The fraction of sp³-hybridized carbons (Fsp3) is 0.273. The lowest BCUT2D eigenvalue weighted by molar-refractivity contribution is -0.115. The van der Waals surface area contributed by atoms with E-state index in [4.69, 9.17) is 5.73 Å².